The maximum Gasteiger partial charge on any atom is 0.134 e. The molecule has 9 nitrogen and oxygen atoms in total. The van der Waals surface area contributed by atoms with Crippen LogP contribution in [0.15, 0.2) is 249 Å². The van der Waals surface area contributed by atoms with E-state index in [1.165, 1.54) is 106 Å². The summed E-state index contributed by atoms with van der Waals surface area (Å²) >= 11 is 0. The summed E-state index contributed by atoms with van der Waals surface area (Å²) in [6, 6.07) is 99.9. The average molecular weight is 2210 g/mol. The Morgan fingerprint density at radius 2 is 0.449 bits per heavy atom. The number of benzene rings is 12. The van der Waals surface area contributed by atoms with Gasteiger partial charge in [0.25, 0.3) is 0 Å². The van der Waals surface area contributed by atoms with Crippen molar-refractivity contribution in [2.24, 2.45) is 0 Å². The van der Waals surface area contributed by atoms with E-state index in [4.69, 9.17) is 30.6 Å². The zero-order valence-electron chi connectivity index (χ0n) is 79.8. The molecule has 127 heavy (non-hydrogen) atoms. The summed E-state index contributed by atoms with van der Waals surface area (Å²) in [7, 11) is 0. The van der Waals surface area contributed by atoms with Crippen LogP contribution >= 0.6 is 0 Å². The average Bonchev–Trinajstić information content (AvgIpc) is 1.66. The second kappa shape index (κ2) is 39.9. The van der Waals surface area contributed by atoms with Gasteiger partial charge in [0, 0.05) is 93.6 Å². The van der Waals surface area contributed by atoms with Gasteiger partial charge in [0.2, 0.25) is 0 Å². The van der Waals surface area contributed by atoms with E-state index in [-0.39, 0.29) is 98.2 Å². The molecule has 0 bridgehead atoms. The number of rotatable bonds is 18. The molecule has 0 aliphatic rings. The van der Waals surface area contributed by atoms with E-state index in [0.29, 0.717) is 0 Å². The molecule has 0 amide bonds. The van der Waals surface area contributed by atoms with Gasteiger partial charge in [-0.3, -0.25) is 0 Å². The molecule has 0 fully saturated rings. The van der Waals surface area contributed by atoms with Crippen LogP contribution in [-0.2, 0) is 98.2 Å². The molecule has 0 saturated carbocycles. The van der Waals surface area contributed by atoms with Gasteiger partial charge in [-0.1, -0.05) is 309 Å². The van der Waals surface area contributed by atoms with Gasteiger partial charge in [-0.15, -0.1) is 121 Å². The van der Waals surface area contributed by atoms with Gasteiger partial charge in [0.05, 0.1) is 17.5 Å². The van der Waals surface area contributed by atoms with Gasteiger partial charge in [0.1, 0.15) is 17.5 Å². The first-order valence-corrected chi connectivity index (χ1v) is 44.4. The minimum atomic E-state index is -0.182. The van der Waals surface area contributed by atoms with Crippen LogP contribution in [-0.4, -0.2) is 44.3 Å². The molecular formula is C115H128Ir3N9-3. The van der Waals surface area contributed by atoms with Crippen LogP contribution in [0.1, 0.15) is 238 Å². The fraction of sp³-hybridized carbons (Fsp3) is 0.322. The first-order valence-electron chi connectivity index (χ1n) is 44.4. The van der Waals surface area contributed by atoms with Gasteiger partial charge in [-0.2, -0.15) is 15.3 Å². The summed E-state index contributed by atoms with van der Waals surface area (Å²) in [6.45, 7) is 60.6. The number of aryl methyl sites for hydroxylation is 6. The summed E-state index contributed by atoms with van der Waals surface area (Å²) in [5.74, 6) is 5.40. The van der Waals surface area contributed by atoms with Crippen LogP contribution in [0.4, 0.5) is 0 Å². The van der Waals surface area contributed by atoms with Gasteiger partial charge in [-0.25, -0.2) is 0 Å². The zero-order chi connectivity index (χ0) is 89.3. The molecule has 3 aromatic heterocycles. The molecule has 0 N–H and O–H groups in total. The van der Waals surface area contributed by atoms with Gasteiger partial charge < -0.3 is 13.7 Å². The third-order valence-electron chi connectivity index (χ3n) is 25.2. The molecule has 3 radical (unpaired) electrons. The molecule has 0 atom stereocenters. The van der Waals surface area contributed by atoms with Crippen LogP contribution in [0.5, 0.6) is 0 Å². The van der Waals surface area contributed by atoms with Crippen LogP contribution in [0.25, 0.3) is 118 Å². The Morgan fingerprint density at radius 3 is 0.701 bits per heavy atom. The smallest absolute Gasteiger partial charge is 0.134 e. The van der Waals surface area contributed by atoms with Crippen molar-refractivity contribution in [3.63, 3.8) is 0 Å². The topological polar surface area (TPSA) is 92.1 Å². The predicted molar refractivity (Wildman–Crippen MR) is 523 cm³/mol. The molecule has 0 saturated heterocycles. The summed E-state index contributed by atoms with van der Waals surface area (Å²) in [6.07, 6.45) is 2.87. The Labute approximate surface area is 800 Å². The SMILES string of the molecule is CCC(C)(C)c1nnc(-c2[c-]ccc(-c3cc(-c4ccc(C(C)(C)C)cc4)cc(-c4ccc(C(C)(C)C)cc4)c3)c2)n1-c1c(C)cc(C(C)(C)C)cc1C.CCC(C)(C)c1nnc(-c2[c-]ccc(-c3ccccc3)c2)n1-c1c(C)cc(-c2ccccc2)cc1C.CCC(C)(C)c1nnc(-c2[c-]ccc(-c3ccccc3)c2)n1-c1c(C)cc(C(C)(C)C)cc1C.[Ir].[Ir].[Ir]. The van der Waals surface area contributed by atoms with Crippen LogP contribution in [0, 0.1) is 59.7 Å². The second-order valence-corrected chi connectivity index (χ2v) is 40.2. The molecule has 0 aliphatic carbocycles. The molecule has 663 valence electrons. The number of hydrogen-bond donors (Lipinski definition) is 0. The van der Waals surface area contributed by atoms with Gasteiger partial charge in [0.15, 0.2) is 0 Å². The summed E-state index contributed by atoms with van der Waals surface area (Å²) < 4.78 is 6.86. The van der Waals surface area contributed by atoms with E-state index < -0.39 is 0 Å². The van der Waals surface area contributed by atoms with Crippen LogP contribution in [0.3, 0.4) is 0 Å². The molecule has 15 aromatic rings. The Morgan fingerprint density at radius 1 is 0.228 bits per heavy atom. The normalized spacial score (nSPS) is 12.0. The molecule has 15 rings (SSSR count). The predicted octanol–water partition coefficient (Wildman–Crippen LogP) is 30.3. The van der Waals surface area contributed by atoms with Crippen molar-refractivity contribution in [2.75, 3.05) is 0 Å². The van der Waals surface area contributed by atoms with Gasteiger partial charge >= 0.3 is 0 Å². The van der Waals surface area contributed by atoms with Crippen LogP contribution in [0.2, 0.25) is 0 Å². The van der Waals surface area contributed by atoms with E-state index in [9.17, 15) is 0 Å². The van der Waals surface area contributed by atoms with E-state index in [0.717, 1.165) is 105 Å². The molecule has 12 heteroatoms. The number of hydrogen-bond acceptors (Lipinski definition) is 6. The third kappa shape index (κ3) is 22.0. The van der Waals surface area contributed by atoms with E-state index in [2.05, 4.69) is 437 Å². The summed E-state index contributed by atoms with van der Waals surface area (Å²) in [4.78, 5) is 0. The number of nitrogens with zero attached hydrogens (tertiary/aromatic N) is 9. The van der Waals surface area contributed by atoms with Crippen molar-refractivity contribution in [3.05, 3.63) is 340 Å². The monoisotopic (exact) mass is 2210 g/mol. The van der Waals surface area contributed by atoms with Crippen molar-refractivity contribution in [1.82, 2.24) is 44.3 Å². The zero-order valence-corrected chi connectivity index (χ0v) is 87.0. The molecule has 0 spiro atoms. The fourth-order valence-electron chi connectivity index (χ4n) is 16.4. The molecule has 0 aliphatic heterocycles. The maximum absolute atomic E-state index is 4.93. The van der Waals surface area contributed by atoms with Crippen molar-refractivity contribution < 1.29 is 60.3 Å². The van der Waals surface area contributed by atoms with E-state index >= 15 is 0 Å². The largest absolute Gasteiger partial charge is 0.319 e. The van der Waals surface area contributed by atoms with E-state index in [1.807, 2.05) is 30.3 Å². The van der Waals surface area contributed by atoms with Crippen LogP contribution < -0.4 is 0 Å². The van der Waals surface area contributed by atoms with Crippen molar-refractivity contribution in [2.45, 2.75) is 244 Å². The Balaban J connectivity index is 0.000000203. The Kier molecular flexibility index (Phi) is 31.2. The number of aromatic nitrogens is 9. The maximum atomic E-state index is 4.93. The van der Waals surface area contributed by atoms with Crippen molar-refractivity contribution in [1.29, 1.82) is 0 Å². The van der Waals surface area contributed by atoms with E-state index in [1.54, 1.807) is 0 Å². The second-order valence-electron chi connectivity index (χ2n) is 40.2. The summed E-state index contributed by atoms with van der Waals surface area (Å²) in [5.41, 5.74) is 32.9. The molecule has 0 unspecified atom stereocenters. The minimum Gasteiger partial charge on any atom is -0.319 e. The Bertz CT molecular complexity index is 6150. The standard InChI is InChI=1S/C51H60N3.C33H32N3.C31H36N3.3Ir/c1-15-51(13,14)47-53-52-46(54(47)45-33(2)27-44(28-34(45)3)50(10,11)12)38-18-16-17-37(29-38)41-31-39(35-19-23-42(24-20-35)48(4,5)6)30-40(32-41)36-21-25-43(26-22-36)49(7,8)9;1-6-33(4,5)32-35-34-31(28-19-13-18-27(22-28)25-14-9-7-10-15-25)36(32)30-23(2)20-29(21-24(30)3)26-16-11-8-12-17-26;1-9-31(7,8)29-33-32-28(25-17-13-16-24(20-25)23-14-11-10-12-15-23)34(29)27-21(2)18-26(19-22(27)3)30(4,5)6;;;/h16-17,19-32H,15H2,1-14H3;7-18,20-22H,6H2,1-5H3;10-16,18-20H,9H2,1-8H3;;;/q3*-1;;;. The van der Waals surface area contributed by atoms with Crippen molar-refractivity contribution >= 4 is 0 Å². The quantitative estimate of drug-likeness (QED) is 0.0795. The fourth-order valence-corrected chi connectivity index (χ4v) is 16.4. The Hall–Kier alpha value is -9.99. The summed E-state index contributed by atoms with van der Waals surface area (Å²) in [5, 5.41) is 28.9. The molecule has 3 heterocycles. The minimum absolute atomic E-state index is 0. The first-order chi connectivity index (χ1) is 58.6. The third-order valence-corrected chi connectivity index (χ3v) is 25.2. The molecular weight excluding hydrogens is 2080 g/mol. The first kappa shape index (κ1) is 99.2. The van der Waals surface area contributed by atoms with Gasteiger partial charge in [-0.05, 0) is 219 Å². The van der Waals surface area contributed by atoms with Crippen molar-refractivity contribution in [3.8, 4) is 118 Å². The molecule has 12 aromatic carbocycles.